The molecule has 0 N–H and O–H groups in total. The normalized spacial score (nSPS) is 13.6. The van der Waals surface area contributed by atoms with Crippen LogP contribution in [0.2, 0.25) is 0 Å². The molecule has 1 fully saturated rings. The summed E-state index contributed by atoms with van der Waals surface area (Å²) in [6, 6.07) is 12.1. The van der Waals surface area contributed by atoms with E-state index in [1.807, 2.05) is 30.5 Å². The van der Waals surface area contributed by atoms with Crippen molar-refractivity contribution in [3.8, 4) is 5.69 Å². The van der Waals surface area contributed by atoms with Crippen LogP contribution in [0, 0.1) is 6.92 Å². The molecule has 4 rings (SSSR count). The number of hydrogen-bond acceptors (Lipinski definition) is 5. The first-order chi connectivity index (χ1) is 12.1. The van der Waals surface area contributed by atoms with Gasteiger partial charge in [0.25, 0.3) is 11.5 Å². The summed E-state index contributed by atoms with van der Waals surface area (Å²) >= 11 is 1.45. The number of para-hydroxylation sites is 1. The highest BCUT2D eigenvalue weighted by Crippen LogP contribution is 2.34. The minimum atomic E-state index is -0.272. The van der Waals surface area contributed by atoms with Gasteiger partial charge in [-0.15, -0.1) is 11.3 Å². The molecule has 0 unspecified atom stereocenters. The summed E-state index contributed by atoms with van der Waals surface area (Å²) in [7, 11) is 0. The first kappa shape index (κ1) is 15.7. The largest absolute Gasteiger partial charge is 0.280 e. The summed E-state index contributed by atoms with van der Waals surface area (Å²) in [5, 5.41) is 6.91. The van der Waals surface area contributed by atoms with Crippen molar-refractivity contribution in [2.75, 3.05) is 4.90 Å². The van der Waals surface area contributed by atoms with Gasteiger partial charge in [-0.3, -0.25) is 14.5 Å². The molecule has 0 bridgehead atoms. The molecule has 1 amide bonds. The second-order valence-electron chi connectivity index (χ2n) is 5.98. The number of aromatic nitrogens is 3. The van der Waals surface area contributed by atoms with Crippen LogP contribution in [0.25, 0.3) is 5.69 Å². The van der Waals surface area contributed by atoms with E-state index < -0.39 is 0 Å². The first-order valence-electron chi connectivity index (χ1n) is 8.05. The average Bonchev–Trinajstić information content (AvgIpc) is 3.37. The Labute approximate surface area is 148 Å². The molecule has 6 nitrogen and oxygen atoms in total. The quantitative estimate of drug-likeness (QED) is 0.724. The summed E-state index contributed by atoms with van der Waals surface area (Å²) in [6.07, 6.45) is 1.92. The van der Waals surface area contributed by atoms with E-state index in [2.05, 4.69) is 10.1 Å². The molecule has 2 heterocycles. The van der Waals surface area contributed by atoms with Crippen LogP contribution in [-0.4, -0.2) is 26.7 Å². The maximum absolute atomic E-state index is 13.0. The molecule has 7 heteroatoms. The number of aryl methyl sites for hydroxylation is 1. The number of rotatable bonds is 4. The molecule has 25 heavy (non-hydrogen) atoms. The molecule has 0 spiro atoms. The van der Waals surface area contributed by atoms with Crippen LogP contribution in [0.5, 0.6) is 0 Å². The maximum Gasteiger partial charge on any atom is 0.280 e. The molecule has 1 saturated carbocycles. The lowest BCUT2D eigenvalue weighted by molar-refractivity contribution is 0.0978. The van der Waals surface area contributed by atoms with Crippen molar-refractivity contribution in [3.05, 3.63) is 69.6 Å². The molecule has 1 aliphatic carbocycles. The third-order valence-electron chi connectivity index (χ3n) is 3.96. The van der Waals surface area contributed by atoms with Gasteiger partial charge in [0.15, 0.2) is 5.13 Å². The Morgan fingerprint density at radius 2 is 1.96 bits per heavy atom. The van der Waals surface area contributed by atoms with E-state index in [4.69, 9.17) is 0 Å². The zero-order chi connectivity index (χ0) is 17.4. The van der Waals surface area contributed by atoms with E-state index >= 15 is 0 Å². The van der Waals surface area contributed by atoms with E-state index in [1.54, 1.807) is 17.0 Å². The molecule has 1 aromatic carbocycles. The standard InChI is InChI=1S/C18H16N4O2S/c1-12-11-25-18(19-12)21(13-7-8-13)17(24)15-9-10-16(23)22(20-15)14-5-3-2-4-6-14/h2-6,9-11,13H,7-8H2,1H3. The van der Waals surface area contributed by atoms with Crippen LogP contribution in [0.15, 0.2) is 52.6 Å². The van der Waals surface area contributed by atoms with Crippen molar-refractivity contribution in [1.29, 1.82) is 0 Å². The van der Waals surface area contributed by atoms with E-state index in [-0.39, 0.29) is 23.2 Å². The molecule has 0 saturated heterocycles. The molecular weight excluding hydrogens is 336 g/mol. The fourth-order valence-corrected chi connectivity index (χ4v) is 3.47. The van der Waals surface area contributed by atoms with Gasteiger partial charge in [0.2, 0.25) is 0 Å². The van der Waals surface area contributed by atoms with Gasteiger partial charge in [-0.2, -0.15) is 9.78 Å². The lowest BCUT2D eigenvalue weighted by Gasteiger charge is -2.19. The Balaban J connectivity index is 1.73. The van der Waals surface area contributed by atoms with Gasteiger partial charge in [0, 0.05) is 17.5 Å². The summed E-state index contributed by atoms with van der Waals surface area (Å²) in [5.41, 5.74) is 1.49. The van der Waals surface area contributed by atoms with E-state index in [9.17, 15) is 9.59 Å². The Kier molecular flexibility index (Phi) is 3.93. The Hall–Kier alpha value is -2.80. The minimum absolute atomic E-state index is 0.164. The van der Waals surface area contributed by atoms with Crippen molar-refractivity contribution < 1.29 is 4.79 Å². The molecule has 0 aliphatic heterocycles. The van der Waals surface area contributed by atoms with Gasteiger partial charge in [-0.05, 0) is 38.0 Å². The van der Waals surface area contributed by atoms with Crippen LogP contribution < -0.4 is 10.5 Å². The average molecular weight is 352 g/mol. The second kappa shape index (κ2) is 6.25. The number of carbonyl (C=O) groups excluding carboxylic acids is 1. The minimum Gasteiger partial charge on any atom is -0.279 e. The number of hydrogen-bond donors (Lipinski definition) is 0. The molecule has 1 aliphatic rings. The zero-order valence-corrected chi connectivity index (χ0v) is 14.4. The summed E-state index contributed by atoms with van der Waals surface area (Å²) in [5.74, 6) is -0.221. The smallest absolute Gasteiger partial charge is 0.279 e. The van der Waals surface area contributed by atoms with E-state index in [0.29, 0.717) is 10.8 Å². The molecule has 126 valence electrons. The molecule has 0 atom stereocenters. The van der Waals surface area contributed by atoms with Crippen LogP contribution in [-0.2, 0) is 0 Å². The maximum atomic E-state index is 13.0. The number of amides is 1. The van der Waals surface area contributed by atoms with Gasteiger partial charge in [-0.1, -0.05) is 18.2 Å². The predicted octanol–water partition coefficient (Wildman–Crippen LogP) is 2.81. The topological polar surface area (TPSA) is 68.1 Å². The highest BCUT2D eigenvalue weighted by Gasteiger charge is 2.36. The van der Waals surface area contributed by atoms with Crippen molar-refractivity contribution in [2.45, 2.75) is 25.8 Å². The van der Waals surface area contributed by atoms with Gasteiger partial charge in [0.1, 0.15) is 5.69 Å². The summed E-state index contributed by atoms with van der Waals surface area (Å²) in [6.45, 7) is 1.91. The Morgan fingerprint density at radius 1 is 1.20 bits per heavy atom. The molecule has 2 aromatic heterocycles. The summed E-state index contributed by atoms with van der Waals surface area (Å²) in [4.78, 5) is 31.3. The van der Waals surface area contributed by atoms with Crippen LogP contribution in [0.3, 0.4) is 0 Å². The predicted molar refractivity (Wildman–Crippen MR) is 96.5 cm³/mol. The third-order valence-corrected chi connectivity index (χ3v) is 4.92. The van der Waals surface area contributed by atoms with E-state index in [1.165, 1.54) is 28.2 Å². The Morgan fingerprint density at radius 3 is 2.60 bits per heavy atom. The number of benzene rings is 1. The zero-order valence-electron chi connectivity index (χ0n) is 13.6. The molecular formula is C18H16N4O2S. The van der Waals surface area contributed by atoms with Gasteiger partial charge in [0.05, 0.1) is 11.4 Å². The van der Waals surface area contributed by atoms with Gasteiger partial charge >= 0.3 is 0 Å². The second-order valence-corrected chi connectivity index (χ2v) is 6.82. The highest BCUT2D eigenvalue weighted by molar-refractivity contribution is 7.14. The molecule has 0 radical (unpaired) electrons. The van der Waals surface area contributed by atoms with Crippen LogP contribution >= 0.6 is 11.3 Å². The SMILES string of the molecule is Cc1csc(N(C(=O)c2ccc(=O)n(-c3ccccc3)n2)C2CC2)n1. The van der Waals surface area contributed by atoms with E-state index in [0.717, 1.165) is 18.5 Å². The first-order valence-corrected chi connectivity index (χ1v) is 8.93. The lowest BCUT2D eigenvalue weighted by Crippen LogP contribution is -2.35. The summed E-state index contributed by atoms with van der Waals surface area (Å²) < 4.78 is 1.26. The number of anilines is 1. The molecule has 3 aromatic rings. The third kappa shape index (κ3) is 3.10. The highest BCUT2D eigenvalue weighted by atomic mass is 32.1. The fraction of sp³-hybridized carbons (Fsp3) is 0.222. The van der Waals surface area contributed by atoms with Gasteiger partial charge < -0.3 is 0 Å². The lowest BCUT2D eigenvalue weighted by atomic mass is 10.3. The van der Waals surface area contributed by atoms with Crippen molar-refractivity contribution >= 4 is 22.4 Å². The number of carbonyl (C=O) groups is 1. The monoisotopic (exact) mass is 352 g/mol. The number of thiazole rings is 1. The fourth-order valence-electron chi connectivity index (χ4n) is 2.60. The number of nitrogens with zero attached hydrogens (tertiary/aromatic N) is 4. The van der Waals surface area contributed by atoms with Crippen molar-refractivity contribution in [3.63, 3.8) is 0 Å². The van der Waals surface area contributed by atoms with Crippen LogP contribution in [0.1, 0.15) is 29.0 Å². The van der Waals surface area contributed by atoms with Crippen LogP contribution in [0.4, 0.5) is 5.13 Å². The Bertz CT molecular complexity index is 976. The van der Waals surface area contributed by atoms with Gasteiger partial charge in [-0.25, -0.2) is 4.98 Å². The van der Waals surface area contributed by atoms with Crippen molar-refractivity contribution in [1.82, 2.24) is 14.8 Å². The van der Waals surface area contributed by atoms with Crippen molar-refractivity contribution in [2.24, 2.45) is 0 Å².